The van der Waals surface area contributed by atoms with Crippen molar-refractivity contribution >= 4 is 120 Å². The van der Waals surface area contributed by atoms with Crippen LogP contribution in [-0.2, 0) is 25.7 Å². The van der Waals surface area contributed by atoms with Crippen molar-refractivity contribution in [2.24, 2.45) is 0 Å². The molecule has 0 amide bonds. The lowest BCUT2D eigenvalue weighted by Gasteiger charge is -2.06. The van der Waals surface area contributed by atoms with E-state index in [9.17, 15) is 14.4 Å². The summed E-state index contributed by atoms with van der Waals surface area (Å²) in [6, 6.07) is 158. The quantitative estimate of drug-likeness (QED) is 0.158. The summed E-state index contributed by atoms with van der Waals surface area (Å²) < 4.78 is 4.92. The number of aryl methyl sites for hydroxylation is 10. The van der Waals surface area contributed by atoms with Crippen molar-refractivity contribution < 1.29 is 0 Å². The fourth-order valence-electron chi connectivity index (χ4n) is 16.1. The summed E-state index contributed by atoms with van der Waals surface area (Å²) >= 11 is 0. The fraction of sp³-hybridized carbons (Fsp3) is 0.107. The third kappa shape index (κ3) is 27.4. The lowest BCUT2D eigenvalue weighted by atomic mass is 10.0. The number of aromatic nitrogens is 6. The van der Waals surface area contributed by atoms with E-state index in [1.54, 1.807) is 67.8 Å². The minimum absolute atomic E-state index is 0.0727. The minimum Gasteiger partial charge on any atom is -0.268 e. The summed E-state index contributed by atoms with van der Waals surface area (Å²) in [5.74, 6) is 0. The highest BCUT2D eigenvalue weighted by molar-refractivity contribution is 6.18. The Morgan fingerprint density at radius 3 is 0.678 bits per heavy atom. The normalized spacial score (nSPS) is 10.2. The van der Waals surface area contributed by atoms with Crippen molar-refractivity contribution in [3.8, 4) is 12.1 Å². The average molecular weight is 1860 g/mol. The zero-order valence-electron chi connectivity index (χ0n) is 82.5. The third-order valence-corrected chi connectivity index (χ3v) is 23.7. The van der Waals surface area contributed by atoms with Crippen molar-refractivity contribution in [3.05, 3.63) is 576 Å². The van der Waals surface area contributed by atoms with Gasteiger partial charge < -0.3 is 0 Å². The van der Waals surface area contributed by atoms with E-state index >= 15 is 0 Å². The summed E-state index contributed by atoms with van der Waals surface area (Å²) in [6.45, 7) is 28.3. The molecule has 0 radical (unpaired) electrons. The van der Waals surface area contributed by atoms with Crippen LogP contribution in [0.4, 0.5) is 5.69 Å². The minimum atomic E-state index is -0.0890. The molecule has 0 aliphatic rings. The van der Waals surface area contributed by atoms with Crippen LogP contribution in [0.2, 0.25) is 0 Å². The Bertz CT molecular complexity index is 7890. The van der Waals surface area contributed by atoms with Crippen LogP contribution in [0.1, 0.15) is 94.5 Å². The van der Waals surface area contributed by atoms with Gasteiger partial charge in [-0.2, -0.15) is 10.5 Å². The lowest BCUT2D eigenvalue weighted by Crippen LogP contribution is -2.13. The first kappa shape index (κ1) is 102. The molecule has 0 saturated heterocycles. The first-order valence-electron chi connectivity index (χ1n) is 48.1. The molecule has 0 bridgehead atoms. The zero-order chi connectivity index (χ0) is 101. The number of fused-ring (bicyclic) bond motifs is 12. The molecular formula is C131H115N9O3. The zero-order valence-corrected chi connectivity index (χ0v) is 82.5. The Morgan fingerprint density at radius 2 is 0.469 bits per heavy atom. The van der Waals surface area contributed by atoms with Crippen LogP contribution in [0, 0.1) is 70.8 Å². The van der Waals surface area contributed by atoms with E-state index in [1.807, 2.05) is 243 Å². The topological polar surface area (TPSA) is 155 Å². The van der Waals surface area contributed by atoms with Crippen LogP contribution in [0.3, 0.4) is 0 Å². The van der Waals surface area contributed by atoms with Crippen LogP contribution >= 0.6 is 0 Å². The number of nitriles is 2. The number of nitrogens with zero attached hydrogens (tertiary/aromatic N) is 9. The number of hydrogen-bond acceptors (Lipinski definition) is 8. The van der Waals surface area contributed by atoms with Gasteiger partial charge in [0.15, 0.2) is 5.69 Å². The molecule has 25 aromatic rings. The molecule has 0 fully saturated rings. The smallest absolute Gasteiger partial charge is 0.264 e. The van der Waals surface area contributed by atoms with E-state index in [2.05, 4.69) is 271 Å². The van der Waals surface area contributed by atoms with Gasteiger partial charge in [-0.15, -0.1) is 0 Å². The number of pyridine rings is 3. The highest BCUT2D eigenvalue weighted by Crippen LogP contribution is 2.34. The lowest BCUT2D eigenvalue weighted by molar-refractivity contribution is 1.14. The van der Waals surface area contributed by atoms with Crippen LogP contribution in [0.5, 0.6) is 0 Å². The molecule has 6 aromatic heterocycles. The third-order valence-electron chi connectivity index (χ3n) is 23.7. The summed E-state index contributed by atoms with van der Waals surface area (Å²) in [4.78, 5) is 56.3. The van der Waals surface area contributed by atoms with Crippen LogP contribution in [0.25, 0.3) is 120 Å². The second-order valence-electron chi connectivity index (χ2n) is 34.1. The molecule has 0 N–H and O–H groups in total. The molecule has 0 spiro atoms. The largest absolute Gasteiger partial charge is 0.268 e. The summed E-state index contributed by atoms with van der Waals surface area (Å²) in [5.41, 5.74) is 21.1. The fourth-order valence-corrected chi connectivity index (χ4v) is 16.1. The Morgan fingerprint density at radius 1 is 0.245 bits per heavy atom. The number of benzene rings is 19. The van der Waals surface area contributed by atoms with Crippen LogP contribution < -0.4 is 16.7 Å². The van der Waals surface area contributed by atoms with Gasteiger partial charge in [0.25, 0.3) is 16.7 Å². The van der Waals surface area contributed by atoms with Gasteiger partial charge in [0.1, 0.15) is 16.9 Å². The predicted octanol–water partition coefficient (Wildman–Crippen LogP) is 32.0. The van der Waals surface area contributed by atoms with Gasteiger partial charge in [-0.3, -0.25) is 27.6 Å². The van der Waals surface area contributed by atoms with E-state index in [0.717, 1.165) is 90.7 Å². The van der Waals surface area contributed by atoms with E-state index in [-0.39, 0.29) is 16.7 Å². The summed E-state index contributed by atoms with van der Waals surface area (Å²) in [7, 11) is 0. The van der Waals surface area contributed by atoms with Crippen LogP contribution in [0.15, 0.2) is 481 Å². The Balaban J connectivity index is 0.000000135. The van der Waals surface area contributed by atoms with E-state index in [1.165, 1.54) is 55.6 Å². The Kier molecular flexibility index (Phi) is 37.5. The monoisotopic (exact) mass is 1860 g/mol. The molecule has 19 aromatic carbocycles. The van der Waals surface area contributed by atoms with Gasteiger partial charge in [0.05, 0.1) is 62.9 Å². The van der Waals surface area contributed by atoms with Crippen molar-refractivity contribution in [2.45, 2.75) is 94.9 Å². The number of hydrogen-bond donors (Lipinski definition) is 0. The number of rotatable bonds is 4. The molecule has 0 saturated carbocycles. The molecule has 0 aliphatic carbocycles. The molecule has 0 unspecified atom stereocenters. The van der Waals surface area contributed by atoms with E-state index in [0.29, 0.717) is 66.5 Å². The molecule has 0 aliphatic heterocycles. The van der Waals surface area contributed by atoms with Gasteiger partial charge >= 0.3 is 0 Å². The molecule has 12 heteroatoms. The molecule has 25 rings (SSSR count). The van der Waals surface area contributed by atoms with Gasteiger partial charge in [-0.25, -0.2) is 19.8 Å². The van der Waals surface area contributed by atoms with E-state index in [4.69, 9.17) is 17.1 Å². The van der Waals surface area contributed by atoms with Crippen molar-refractivity contribution in [2.75, 3.05) is 0 Å². The van der Waals surface area contributed by atoms with E-state index < -0.39 is 0 Å². The number of imidazole rings is 3. The van der Waals surface area contributed by atoms with Crippen molar-refractivity contribution in [1.29, 1.82) is 10.5 Å². The standard InChI is InChI=1S/3C19H9N3O.4C8H10.6C7H8/c1-20-12-8-9-15-16(10-12)22-18(21-15)13-6-2-4-11-5-3-7-14(17(11)13)19(22)23;2*20-10-11-7-8-16-15(9-11)21-18-13-5-1-3-12-4-2-6-14(17(12)13)19(23)22(16)18;4*1-2-8-6-4-3-5-7-8;6*1-7-5-3-2-4-6-7/h2-10H;2*1-9H;4*3-7H,2H2,1H3;6*2-6H,1H3. The molecule has 0 atom stereocenters. The highest BCUT2D eigenvalue weighted by Gasteiger charge is 2.20. The summed E-state index contributed by atoms with van der Waals surface area (Å²) in [6.07, 6.45) is 4.56. The van der Waals surface area contributed by atoms with Gasteiger partial charge in [-0.05, 0) is 172 Å². The molecular weight excluding hydrogens is 1750 g/mol. The molecule has 6 heterocycles. The maximum atomic E-state index is 13.0. The first-order chi connectivity index (χ1) is 69.9. The van der Waals surface area contributed by atoms with Gasteiger partial charge in [-0.1, -0.05) is 461 Å². The Hall–Kier alpha value is -18.2. The Labute approximate surface area is 836 Å². The van der Waals surface area contributed by atoms with Gasteiger partial charge in [0, 0.05) is 48.5 Å². The van der Waals surface area contributed by atoms with Crippen LogP contribution in [-0.4, -0.2) is 28.2 Å². The molecule has 702 valence electrons. The maximum absolute atomic E-state index is 13.0. The van der Waals surface area contributed by atoms with Gasteiger partial charge in [0.2, 0.25) is 0 Å². The average Bonchev–Trinajstić information content (AvgIpc) is 1.60. The maximum Gasteiger partial charge on any atom is 0.264 e. The predicted molar refractivity (Wildman–Crippen MR) is 602 cm³/mol. The molecule has 143 heavy (non-hydrogen) atoms. The molecule has 12 nitrogen and oxygen atoms in total. The second kappa shape index (κ2) is 52.4. The summed E-state index contributed by atoms with van der Waals surface area (Å²) in [5, 5.41) is 29.0. The highest BCUT2D eigenvalue weighted by atomic mass is 16.1. The SMILES string of the molecule is CCc1ccccc1.CCc1ccccc1.CCc1ccccc1.CCc1ccccc1.Cc1ccccc1.Cc1ccccc1.Cc1ccccc1.Cc1ccccc1.Cc1ccccc1.Cc1ccccc1.N#Cc1ccc2c(c1)nc1c3cccc4cccc(c(=O)n21)c43.N#Cc1ccc2c(c1)nc1c3cccc4cccc(c(=O)n21)c43.[C-]#[N+]c1ccc2nc3c4cccc5cccc(c(=O)n3c2c1)c54. The van der Waals surface area contributed by atoms with Crippen molar-refractivity contribution in [1.82, 2.24) is 28.2 Å². The van der Waals surface area contributed by atoms with Crippen molar-refractivity contribution in [3.63, 3.8) is 0 Å². The first-order valence-corrected chi connectivity index (χ1v) is 48.1. The second-order valence-corrected chi connectivity index (χ2v) is 34.1.